The van der Waals surface area contributed by atoms with Gasteiger partial charge >= 0.3 is 0 Å². The second kappa shape index (κ2) is 5.27. The van der Waals surface area contributed by atoms with Gasteiger partial charge < -0.3 is 9.88 Å². The second-order valence-corrected chi connectivity index (χ2v) is 4.61. The van der Waals surface area contributed by atoms with Gasteiger partial charge in [0.25, 0.3) is 0 Å². The van der Waals surface area contributed by atoms with Crippen LogP contribution in [0.2, 0.25) is 0 Å². The first-order valence-electron chi connectivity index (χ1n) is 5.17. The summed E-state index contributed by atoms with van der Waals surface area (Å²) in [6.07, 6.45) is 6.05. The highest BCUT2D eigenvalue weighted by Gasteiger charge is 1.98. The Morgan fingerprint density at radius 1 is 1.38 bits per heavy atom. The molecule has 16 heavy (non-hydrogen) atoms. The van der Waals surface area contributed by atoms with Crippen molar-refractivity contribution < 1.29 is 0 Å². The molecule has 0 atom stereocenters. The Labute approximate surface area is 104 Å². The first-order valence-corrected chi connectivity index (χ1v) is 5.97. The van der Waals surface area contributed by atoms with Gasteiger partial charge in [-0.1, -0.05) is 0 Å². The van der Waals surface area contributed by atoms with E-state index in [1.54, 1.807) is 0 Å². The molecule has 4 heteroatoms. The molecule has 0 saturated carbocycles. The SMILES string of the molecule is CNCc1ccn(Cc2ccc(Br)cn2)c1. The van der Waals surface area contributed by atoms with Gasteiger partial charge in [-0.05, 0) is 46.7 Å². The summed E-state index contributed by atoms with van der Waals surface area (Å²) in [5.41, 5.74) is 2.36. The first-order chi connectivity index (χ1) is 7.78. The molecule has 0 bridgehead atoms. The van der Waals surface area contributed by atoms with E-state index in [1.807, 2.05) is 25.4 Å². The van der Waals surface area contributed by atoms with E-state index in [4.69, 9.17) is 0 Å². The number of hydrogen-bond donors (Lipinski definition) is 1. The molecule has 0 aliphatic carbocycles. The van der Waals surface area contributed by atoms with Crippen LogP contribution in [-0.4, -0.2) is 16.6 Å². The summed E-state index contributed by atoms with van der Waals surface area (Å²) in [6, 6.07) is 6.16. The van der Waals surface area contributed by atoms with Crippen LogP contribution in [0.3, 0.4) is 0 Å². The number of nitrogens with zero attached hydrogens (tertiary/aromatic N) is 2. The smallest absolute Gasteiger partial charge is 0.0642 e. The maximum atomic E-state index is 4.35. The third-order valence-electron chi connectivity index (χ3n) is 2.33. The van der Waals surface area contributed by atoms with Crippen LogP contribution >= 0.6 is 15.9 Å². The summed E-state index contributed by atoms with van der Waals surface area (Å²) >= 11 is 3.38. The largest absolute Gasteiger partial charge is 0.348 e. The minimum absolute atomic E-state index is 0.816. The highest BCUT2D eigenvalue weighted by Crippen LogP contribution is 2.09. The van der Waals surface area contributed by atoms with Crippen LogP contribution in [0.25, 0.3) is 0 Å². The molecule has 2 heterocycles. The van der Waals surface area contributed by atoms with Crippen molar-refractivity contribution in [1.82, 2.24) is 14.9 Å². The van der Waals surface area contributed by atoms with Gasteiger partial charge in [0.2, 0.25) is 0 Å². The fourth-order valence-corrected chi connectivity index (χ4v) is 1.82. The molecule has 2 rings (SSSR count). The fraction of sp³-hybridized carbons (Fsp3) is 0.250. The van der Waals surface area contributed by atoms with Crippen molar-refractivity contribution in [3.63, 3.8) is 0 Å². The lowest BCUT2D eigenvalue weighted by Gasteiger charge is -2.02. The molecular weight excluding hydrogens is 266 g/mol. The van der Waals surface area contributed by atoms with Crippen molar-refractivity contribution >= 4 is 15.9 Å². The van der Waals surface area contributed by atoms with Crippen LogP contribution < -0.4 is 5.32 Å². The molecule has 0 spiro atoms. The lowest BCUT2D eigenvalue weighted by Crippen LogP contribution is -2.04. The van der Waals surface area contributed by atoms with Crippen molar-refractivity contribution in [2.75, 3.05) is 7.05 Å². The maximum absolute atomic E-state index is 4.35. The minimum Gasteiger partial charge on any atom is -0.348 e. The highest BCUT2D eigenvalue weighted by molar-refractivity contribution is 9.10. The number of hydrogen-bond acceptors (Lipinski definition) is 2. The Bertz CT molecular complexity index is 448. The molecular formula is C12H14BrN3. The van der Waals surface area contributed by atoms with Crippen molar-refractivity contribution in [2.24, 2.45) is 0 Å². The Morgan fingerprint density at radius 2 is 2.25 bits per heavy atom. The quantitative estimate of drug-likeness (QED) is 0.932. The number of nitrogens with one attached hydrogen (secondary N) is 1. The molecule has 0 aliphatic heterocycles. The summed E-state index contributed by atoms with van der Waals surface area (Å²) in [5.74, 6) is 0. The van der Waals surface area contributed by atoms with Crippen LogP contribution in [0.15, 0.2) is 41.3 Å². The topological polar surface area (TPSA) is 29.9 Å². The van der Waals surface area contributed by atoms with E-state index in [0.717, 1.165) is 23.3 Å². The van der Waals surface area contributed by atoms with Gasteiger partial charge in [0.05, 0.1) is 12.2 Å². The van der Waals surface area contributed by atoms with E-state index in [0.29, 0.717) is 0 Å². The van der Waals surface area contributed by atoms with Gasteiger partial charge in [0.15, 0.2) is 0 Å². The number of rotatable bonds is 4. The predicted octanol–water partition coefficient (Wildman–Crippen LogP) is 2.41. The zero-order chi connectivity index (χ0) is 11.4. The van der Waals surface area contributed by atoms with Gasteiger partial charge in [0.1, 0.15) is 0 Å². The van der Waals surface area contributed by atoms with Gasteiger partial charge in [-0.3, -0.25) is 4.98 Å². The summed E-state index contributed by atoms with van der Waals surface area (Å²) in [6.45, 7) is 1.72. The number of aromatic nitrogens is 2. The van der Waals surface area contributed by atoms with Crippen LogP contribution in [0.5, 0.6) is 0 Å². The Morgan fingerprint density at radius 3 is 2.94 bits per heavy atom. The molecule has 0 fully saturated rings. The first kappa shape index (κ1) is 11.4. The zero-order valence-corrected chi connectivity index (χ0v) is 10.7. The molecule has 2 aromatic rings. The average Bonchev–Trinajstić information content (AvgIpc) is 2.70. The lowest BCUT2D eigenvalue weighted by molar-refractivity contribution is 0.766. The summed E-state index contributed by atoms with van der Waals surface area (Å²) < 4.78 is 3.16. The molecule has 0 saturated heterocycles. The van der Waals surface area contributed by atoms with E-state index in [-0.39, 0.29) is 0 Å². The van der Waals surface area contributed by atoms with Crippen molar-refractivity contribution in [3.8, 4) is 0 Å². The van der Waals surface area contributed by atoms with Crippen LogP contribution in [0.4, 0.5) is 0 Å². The molecule has 0 amide bonds. The van der Waals surface area contributed by atoms with Gasteiger partial charge in [-0.25, -0.2) is 0 Å². The van der Waals surface area contributed by atoms with Crippen LogP contribution in [0, 0.1) is 0 Å². The number of pyridine rings is 1. The fourth-order valence-electron chi connectivity index (χ4n) is 1.58. The predicted molar refractivity (Wildman–Crippen MR) is 68.2 cm³/mol. The molecule has 0 aliphatic rings. The van der Waals surface area contributed by atoms with E-state index >= 15 is 0 Å². The molecule has 84 valence electrons. The maximum Gasteiger partial charge on any atom is 0.0642 e. The van der Waals surface area contributed by atoms with E-state index in [1.165, 1.54) is 5.56 Å². The third-order valence-corrected chi connectivity index (χ3v) is 2.79. The van der Waals surface area contributed by atoms with E-state index in [2.05, 4.69) is 49.3 Å². The van der Waals surface area contributed by atoms with Crippen LogP contribution in [0.1, 0.15) is 11.3 Å². The molecule has 3 nitrogen and oxygen atoms in total. The van der Waals surface area contributed by atoms with Crippen molar-refractivity contribution in [3.05, 3.63) is 52.5 Å². The van der Waals surface area contributed by atoms with Gasteiger partial charge in [-0.15, -0.1) is 0 Å². The molecule has 1 N–H and O–H groups in total. The summed E-state index contributed by atoms with van der Waals surface area (Å²) in [5, 5.41) is 3.13. The van der Waals surface area contributed by atoms with Crippen LogP contribution in [-0.2, 0) is 13.1 Å². The molecule has 2 aromatic heterocycles. The molecule has 0 aromatic carbocycles. The third kappa shape index (κ3) is 2.93. The monoisotopic (exact) mass is 279 g/mol. The lowest BCUT2D eigenvalue weighted by atomic mass is 10.3. The minimum atomic E-state index is 0.816. The van der Waals surface area contributed by atoms with Gasteiger partial charge in [-0.2, -0.15) is 0 Å². The zero-order valence-electron chi connectivity index (χ0n) is 9.15. The normalized spacial score (nSPS) is 10.6. The Balaban J connectivity index is 2.05. The van der Waals surface area contributed by atoms with E-state index < -0.39 is 0 Å². The second-order valence-electron chi connectivity index (χ2n) is 3.69. The summed E-state index contributed by atoms with van der Waals surface area (Å²) in [4.78, 5) is 4.35. The highest BCUT2D eigenvalue weighted by atomic mass is 79.9. The Kier molecular flexibility index (Phi) is 3.74. The standard InChI is InChI=1S/C12H14BrN3/c1-14-6-10-4-5-16(8-10)9-12-3-2-11(13)7-15-12/h2-5,7-8,14H,6,9H2,1H3. The summed E-state index contributed by atoms with van der Waals surface area (Å²) in [7, 11) is 1.95. The number of halogens is 1. The average molecular weight is 280 g/mol. The van der Waals surface area contributed by atoms with Gasteiger partial charge in [0, 0.05) is 29.6 Å². The molecule has 0 unspecified atom stereocenters. The van der Waals surface area contributed by atoms with Crippen molar-refractivity contribution in [2.45, 2.75) is 13.1 Å². The Hall–Kier alpha value is -1.13. The van der Waals surface area contributed by atoms with E-state index in [9.17, 15) is 0 Å². The molecule has 0 radical (unpaired) electrons. The van der Waals surface area contributed by atoms with Crippen molar-refractivity contribution in [1.29, 1.82) is 0 Å².